The van der Waals surface area contributed by atoms with Crippen molar-refractivity contribution < 1.29 is 9.53 Å². The highest BCUT2D eigenvalue weighted by Gasteiger charge is 2.11. The lowest BCUT2D eigenvalue weighted by atomic mass is 10.1. The Morgan fingerprint density at radius 3 is 2.55 bits per heavy atom. The second-order valence-electron chi connectivity index (χ2n) is 7.34. The molecule has 2 heterocycles. The summed E-state index contributed by atoms with van der Waals surface area (Å²) < 4.78 is 9.10. The molecule has 31 heavy (non-hydrogen) atoms. The number of carbonyl (C=O) groups is 1. The molecule has 0 radical (unpaired) electrons. The maximum atomic E-state index is 12.5. The SMILES string of the molecule is Cc1cc(C)cc(OCn2ccc(C(=O)Nc3cnn(Cc4ccc(Cl)cc4)c3)n2)c1. The maximum absolute atomic E-state index is 12.5. The molecule has 0 aliphatic heterocycles. The Morgan fingerprint density at radius 1 is 1.06 bits per heavy atom. The Kier molecular flexibility index (Phi) is 6.04. The molecule has 2 aromatic heterocycles. The van der Waals surface area contributed by atoms with Crippen LogP contribution in [0.2, 0.25) is 5.02 Å². The zero-order valence-electron chi connectivity index (χ0n) is 17.2. The number of rotatable bonds is 7. The molecule has 0 atom stereocenters. The van der Waals surface area contributed by atoms with Gasteiger partial charge in [0.1, 0.15) is 5.75 Å². The van der Waals surface area contributed by atoms with Crippen molar-refractivity contribution in [1.29, 1.82) is 0 Å². The maximum Gasteiger partial charge on any atom is 0.276 e. The number of nitrogens with one attached hydrogen (secondary N) is 1. The van der Waals surface area contributed by atoms with Gasteiger partial charge in [-0.15, -0.1) is 0 Å². The molecule has 0 aliphatic carbocycles. The molecule has 1 N–H and O–H groups in total. The van der Waals surface area contributed by atoms with Gasteiger partial charge in [0.25, 0.3) is 5.91 Å². The molecule has 0 aliphatic rings. The Labute approximate surface area is 185 Å². The van der Waals surface area contributed by atoms with Crippen molar-refractivity contribution in [3.05, 3.63) is 94.5 Å². The van der Waals surface area contributed by atoms with E-state index < -0.39 is 0 Å². The van der Waals surface area contributed by atoms with E-state index in [9.17, 15) is 4.79 Å². The van der Waals surface area contributed by atoms with Gasteiger partial charge in [-0.05, 0) is 60.9 Å². The quantitative estimate of drug-likeness (QED) is 0.457. The average molecular weight is 436 g/mol. The van der Waals surface area contributed by atoms with Crippen molar-refractivity contribution in [2.75, 3.05) is 5.32 Å². The molecule has 1 amide bonds. The van der Waals surface area contributed by atoms with E-state index in [0.717, 1.165) is 22.4 Å². The lowest BCUT2D eigenvalue weighted by Crippen LogP contribution is -2.14. The minimum atomic E-state index is -0.309. The Hall–Kier alpha value is -3.58. The van der Waals surface area contributed by atoms with Crippen LogP contribution in [0.25, 0.3) is 0 Å². The van der Waals surface area contributed by atoms with Gasteiger partial charge in [-0.2, -0.15) is 10.2 Å². The minimum absolute atomic E-state index is 0.217. The number of hydrogen-bond donors (Lipinski definition) is 1. The van der Waals surface area contributed by atoms with Gasteiger partial charge in [0.2, 0.25) is 0 Å². The lowest BCUT2D eigenvalue weighted by molar-refractivity contribution is 0.102. The highest BCUT2D eigenvalue weighted by Crippen LogP contribution is 2.17. The summed E-state index contributed by atoms with van der Waals surface area (Å²) in [7, 11) is 0. The molecule has 0 fully saturated rings. The van der Waals surface area contributed by atoms with Gasteiger partial charge < -0.3 is 10.1 Å². The second-order valence-corrected chi connectivity index (χ2v) is 7.78. The Bertz CT molecular complexity index is 1180. The number of nitrogens with zero attached hydrogens (tertiary/aromatic N) is 4. The summed E-state index contributed by atoms with van der Waals surface area (Å²) in [6, 6.07) is 15.2. The zero-order chi connectivity index (χ0) is 21.8. The standard InChI is InChI=1S/C23H22ClN5O2/c1-16-9-17(2)11-21(10-16)31-15-28-8-7-22(27-28)23(30)26-20-12-25-29(14-20)13-18-3-5-19(24)6-4-18/h3-12,14H,13,15H2,1-2H3,(H,26,30). The fraction of sp³-hybridized carbons (Fsp3) is 0.174. The summed E-state index contributed by atoms with van der Waals surface area (Å²) in [6.07, 6.45) is 5.09. The smallest absolute Gasteiger partial charge is 0.276 e. The first kappa shape index (κ1) is 20.7. The van der Waals surface area contributed by atoms with Gasteiger partial charge in [-0.3, -0.25) is 9.48 Å². The summed E-state index contributed by atoms with van der Waals surface area (Å²) in [4.78, 5) is 12.5. The van der Waals surface area contributed by atoms with Crippen molar-refractivity contribution >= 4 is 23.2 Å². The monoisotopic (exact) mass is 435 g/mol. The van der Waals surface area contributed by atoms with Crippen LogP contribution in [0, 0.1) is 13.8 Å². The predicted octanol–water partition coefficient (Wildman–Crippen LogP) is 4.69. The highest BCUT2D eigenvalue weighted by atomic mass is 35.5. The summed E-state index contributed by atoms with van der Waals surface area (Å²) in [5, 5.41) is 12.1. The van der Waals surface area contributed by atoms with E-state index in [1.54, 1.807) is 34.0 Å². The summed E-state index contributed by atoms with van der Waals surface area (Å²) in [5.74, 6) is 0.461. The van der Waals surface area contributed by atoms with E-state index in [1.165, 1.54) is 0 Å². The van der Waals surface area contributed by atoms with Crippen LogP contribution in [-0.2, 0) is 13.3 Å². The molecule has 0 saturated heterocycles. The summed E-state index contributed by atoms with van der Waals surface area (Å²) >= 11 is 5.91. The van der Waals surface area contributed by atoms with Crippen molar-refractivity contribution in [3.63, 3.8) is 0 Å². The number of amides is 1. The lowest BCUT2D eigenvalue weighted by Gasteiger charge is -2.08. The topological polar surface area (TPSA) is 74.0 Å². The van der Waals surface area contributed by atoms with Crippen molar-refractivity contribution in [1.82, 2.24) is 19.6 Å². The molecular formula is C23H22ClN5O2. The number of carbonyl (C=O) groups excluding carboxylic acids is 1. The molecule has 7 nitrogen and oxygen atoms in total. The third-order valence-corrected chi connectivity index (χ3v) is 4.83. The number of aromatic nitrogens is 4. The molecule has 4 rings (SSSR count). The highest BCUT2D eigenvalue weighted by molar-refractivity contribution is 6.30. The molecule has 158 valence electrons. The van der Waals surface area contributed by atoms with E-state index in [4.69, 9.17) is 16.3 Å². The predicted molar refractivity (Wildman–Crippen MR) is 120 cm³/mol. The third-order valence-electron chi connectivity index (χ3n) is 4.58. The first-order valence-electron chi connectivity index (χ1n) is 9.77. The van der Waals surface area contributed by atoms with Gasteiger partial charge in [0.15, 0.2) is 12.4 Å². The normalized spacial score (nSPS) is 10.8. The van der Waals surface area contributed by atoms with Gasteiger partial charge in [-0.1, -0.05) is 29.8 Å². The van der Waals surface area contributed by atoms with E-state index in [2.05, 4.69) is 21.6 Å². The van der Waals surface area contributed by atoms with Crippen LogP contribution < -0.4 is 10.1 Å². The van der Waals surface area contributed by atoms with Crippen LogP contribution in [-0.4, -0.2) is 25.5 Å². The minimum Gasteiger partial charge on any atom is -0.471 e. The number of hydrogen-bond acceptors (Lipinski definition) is 4. The van der Waals surface area contributed by atoms with Crippen LogP contribution in [0.1, 0.15) is 27.2 Å². The van der Waals surface area contributed by atoms with Crippen LogP contribution in [0.3, 0.4) is 0 Å². The number of ether oxygens (including phenoxy) is 1. The zero-order valence-corrected chi connectivity index (χ0v) is 18.0. The second kappa shape index (κ2) is 9.06. The van der Waals surface area contributed by atoms with Crippen molar-refractivity contribution in [2.45, 2.75) is 27.1 Å². The Morgan fingerprint density at radius 2 is 1.81 bits per heavy atom. The van der Waals surface area contributed by atoms with E-state index >= 15 is 0 Å². The first-order chi connectivity index (χ1) is 14.9. The number of aryl methyl sites for hydroxylation is 2. The number of halogens is 1. The van der Waals surface area contributed by atoms with Crippen LogP contribution in [0.15, 0.2) is 67.1 Å². The van der Waals surface area contributed by atoms with Gasteiger partial charge >= 0.3 is 0 Å². The Balaban J connectivity index is 1.33. The third kappa shape index (κ3) is 5.52. The molecular weight excluding hydrogens is 414 g/mol. The fourth-order valence-electron chi connectivity index (χ4n) is 3.20. The molecule has 2 aromatic carbocycles. The molecule has 0 saturated carbocycles. The number of anilines is 1. The van der Waals surface area contributed by atoms with E-state index in [1.807, 2.05) is 50.2 Å². The fourth-order valence-corrected chi connectivity index (χ4v) is 3.32. The van der Waals surface area contributed by atoms with Gasteiger partial charge in [-0.25, -0.2) is 4.68 Å². The van der Waals surface area contributed by atoms with Crippen LogP contribution >= 0.6 is 11.6 Å². The largest absolute Gasteiger partial charge is 0.471 e. The molecule has 4 aromatic rings. The first-order valence-corrected chi connectivity index (χ1v) is 10.2. The average Bonchev–Trinajstić information content (AvgIpc) is 3.37. The van der Waals surface area contributed by atoms with Gasteiger partial charge in [0, 0.05) is 17.4 Å². The summed E-state index contributed by atoms with van der Waals surface area (Å²) in [5.41, 5.74) is 4.22. The van der Waals surface area contributed by atoms with E-state index in [0.29, 0.717) is 22.9 Å². The summed E-state index contributed by atoms with van der Waals surface area (Å²) in [6.45, 7) is 4.84. The molecule has 0 spiro atoms. The number of benzene rings is 2. The van der Waals surface area contributed by atoms with Crippen LogP contribution in [0.5, 0.6) is 5.75 Å². The van der Waals surface area contributed by atoms with Crippen molar-refractivity contribution in [2.24, 2.45) is 0 Å². The molecule has 8 heteroatoms. The van der Waals surface area contributed by atoms with Gasteiger partial charge in [0.05, 0.1) is 18.4 Å². The van der Waals surface area contributed by atoms with Crippen molar-refractivity contribution in [3.8, 4) is 5.75 Å². The molecule has 0 unspecified atom stereocenters. The molecule has 0 bridgehead atoms. The van der Waals surface area contributed by atoms with Crippen LogP contribution in [0.4, 0.5) is 5.69 Å². The van der Waals surface area contributed by atoms with E-state index in [-0.39, 0.29) is 12.6 Å².